The van der Waals surface area contributed by atoms with Crippen LogP contribution in [0.2, 0.25) is 0 Å². The lowest BCUT2D eigenvalue weighted by Gasteiger charge is -2.20. The van der Waals surface area contributed by atoms with Gasteiger partial charge in [0.25, 0.3) is 0 Å². The number of anilines is 1. The van der Waals surface area contributed by atoms with Crippen LogP contribution < -0.4 is 11.1 Å². The summed E-state index contributed by atoms with van der Waals surface area (Å²) in [7, 11) is 1.85. The van der Waals surface area contributed by atoms with Crippen LogP contribution in [0.15, 0.2) is 18.2 Å². The van der Waals surface area contributed by atoms with Gasteiger partial charge in [0, 0.05) is 20.1 Å². The van der Waals surface area contributed by atoms with E-state index in [1.54, 1.807) is 0 Å². The summed E-state index contributed by atoms with van der Waals surface area (Å²) in [6.07, 6.45) is 0.827. The van der Waals surface area contributed by atoms with Crippen molar-refractivity contribution in [2.24, 2.45) is 11.1 Å². The zero-order valence-corrected chi connectivity index (χ0v) is 10.9. The van der Waals surface area contributed by atoms with Crippen LogP contribution in [0, 0.1) is 5.41 Å². The van der Waals surface area contributed by atoms with Crippen LogP contribution in [0.5, 0.6) is 0 Å². The third kappa shape index (κ3) is 2.61. The average Bonchev–Trinajstić information content (AvgIpc) is 2.72. The van der Waals surface area contributed by atoms with Crippen LogP contribution in [0.3, 0.4) is 0 Å². The quantitative estimate of drug-likeness (QED) is 0.827. The number of nitrogens with zero attached hydrogens (tertiary/aromatic N) is 2. The van der Waals surface area contributed by atoms with Crippen LogP contribution in [-0.4, -0.2) is 35.9 Å². The van der Waals surface area contributed by atoms with Crippen LogP contribution in [-0.2, 0) is 11.3 Å². The fourth-order valence-electron chi connectivity index (χ4n) is 2.33. The number of carbonyl (C=O) groups excluding carboxylic acids is 1. The smallest absolute Gasteiger partial charge is 0.224 e. The van der Waals surface area contributed by atoms with Crippen LogP contribution >= 0.6 is 0 Å². The van der Waals surface area contributed by atoms with Gasteiger partial charge in [-0.15, -0.1) is 0 Å². The van der Waals surface area contributed by atoms with Gasteiger partial charge in [0.15, 0.2) is 0 Å². The normalized spacial score (nSPS) is 24.1. The number of carbonyl (C=O) groups is 1. The molecule has 1 fully saturated rings. The molecule has 1 saturated heterocycles. The van der Waals surface area contributed by atoms with E-state index in [4.69, 9.17) is 5.73 Å². The van der Waals surface area contributed by atoms with Crippen molar-refractivity contribution in [1.82, 2.24) is 9.88 Å². The van der Waals surface area contributed by atoms with Crippen molar-refractivity contribution < 1.29 is 4.79 Å². The Hall–Kier alpha value is -1.62. The van der Waals surface area contributed by atoms with E-state index in [1.807, 2.05) is 32.2 Å². The molecule has 1 aromatic heterocycles. The Labute approximate surface area is 107 Å². The summed E-state index contributed by atoms with van der Waals surface area (Å²) < 4.78 is 0. The maximum atomic E-state index is 11.4. The van der Waals surface area contributed by atoms with Gasteiger partial charge < -0.3 is 11.1 Å². The van der Waals surface area contributed by atoms with Gasteiger partial charge in [-0.2, -0.15) is 0 Å². The van der Waals surface area contributed by atoms with E-state index in [1.165, 1.54) is 0 Å². The first-order chi connectivity index (χ1) is 8.53. The second kappa shape index (κ2) is 4.94. The maximum absolute atomic E-state index is 11.4. The second-order valence-corrected chi connectivity index (χ2v) is 5.15. The summed E-state index contributed by atoms with van der Waals surface area (Å²) in [5, 5.41) is 3.02. The van der Waals surface area contributed by atoms with Gasteiger partial charge >= 0.3 is 0 Å². The Morgan fingerprint density at radius 3 is 3.00 bits per heavy atom. The molecule has 0 saturated carbocycles. The Morgan fingerprint density at radius 1 is 1.61 bits per heavy atom. The van der Waals surface area contributed by atoms with Crippen molar-refractivity contribution >= 4 is 11.7 Å². The molecule has 0 spiro atoms. The minimum Gasteiger partial charge on any atom is -0.373 e. The van der Waals surface area contributed by atoms with Crippen molar-refractivity contribution in [1.29, 1.82) is 0 Å². The predicted octanol–water partition coefficient (Wildman–Crippen LogP) is 0.821. The monoisotopic (exact) mass is 248 g/mol. The highest BCUT2D eigenvalue weighted by molar-refractivity contribution is 5.81. The van der Waals surface area contributed by atoms with Gasteiger partial charge in [-0.05, 0) is 32.0 Å². The van der Waals surface area contributed by atoms with Crippen molar-refractivity contribution in [3.8, 4) is 0 Å². The molecule has 0 bridgehead atoms. The minimum absolute atomic E-state index is 0.207. The van der Waals surface area contributed by atoms with Crippen LogP contribution in [0.25, 0.3) is 0 Å². The Bertz CT molecular complexity index is 448. The fraction of sp³-hybridized carbons (Fsp3) is 0.538. The van der Waals surface area contributed by atoms with Crippen molar-refractivity contribution in [2.45, 2.75) is 19.9 Å². The Morgan fingerprint density at radius 2 is 2.39 bits per heavy atom. The molecule has 5 nitrogen and oxygen atoms in total. The number of nitrogens with one attached hydrogen (secondary N) is 1. The SMILES string of the molecule is CNc1cccc(CN2CCC(C)(C(N)=O)C2)n1. The third-order valence-electron chi connectivity index (χ3n) is 3.60. The molecule has 2 heterocycles. The number of amides is 1. The number of hydrogen-bond acceptors (Lipinski definition) is 4. The molecule has 2 rings (SSSR count). The minimum atomic E-state index is -0.388. The molecule has 1 aliphatic rings. The number of aromatic nitrogens is 1. The summed E-state index contributed by atoms with van der Waals surface area (Å²) in [6.45, 7) is 4.31. The lowest BCUT2D eigenvalue weighted by molar-refractivity contribution is -0.126. The maximum Gasteiger partial charge on any atom is 0.224 e. The largest absolute Gasteiger partial charge is 0.373 e. The molecular weight excluding hydrogens is 228 g/mol. The van der Waals surface area contributed by atoms with Gasteiger partial charge in [-0.1, -0.05) is 6.07 Å². The number of rotatable bonds is 4. The van der Waals surface area contributed by atoms with Crippen molar-refractivity contribution in [2.75, 3.05) is 25.5 Å². The fourth-order valence-corrected chi connectivity index (χ4v) is 2.33. The highest BCUT2D eigenvalue weighted by atomic mass is 16.1. The first-order valence-corrected chi connectivity index (χ1v) is 6.19. The van der Waals surface area contributed by atoms with E-state index in [0.717, 1.165) is 31.0 Å². The second-order valence-electron chi connectivity index (χ2n) is 5.15. The third-order valence-corrected chi connectivity index (χ3v) is 3.60. The van der Waals surface area contributed by atoms with Gasteiger partial charge in [0.05, 0.1) is 11.1 Å². The Balaban J connectivity index is 2.01. The van der Waals surface area contributed by atoms with Gasteiger partial charge in [-0.25, -0.2) is 4.98 Å². The highest BCUT2D eigenvalue weighted by Crippen LogP contribution is 2.30. The summed E-state index contributed by atoms with van der Waals surface area (Å²) in [5.74, 6) is 0.659. The first-order valence-electron chi connectivity index (χ1n) is 6.19. The van der Waals surface area contributed by atoms with E-state index in [-0.39, 0.29) is 11.3 Å². The Kier molecular flexibility index (Phi) is 3.52. The molecule has 1 aromatic rings. The molecule has 5 heteroatoms. The molecule has 0 radical (unpaired) electrons. The van der Waals surface area contributed by atoms with Crippen molar-refractivity contribution in [3.05, 3.63) is 23.9 Å². The van der Waals surface area contributed by atoms with Gasteiger partial charge in [-0.3, -0.25) is 9.69 Å². The van der Waals surface area contributed by atoms with Gasteiger partial charge in [0.2, 0.25) is 5.91 Å². The molecule has 1 atom stereocenters. The molecule has 0 aliphatic carbocycles. The van der Waals surface area contributed by atoms with E-state index >= 15 is 0 Å². The first kappa shape index (κ1) is 12.8. The number of primary amides is 1. The lowest BCUT2D eigenvalue weighted by atomic mass is 9.89. The zero-order valence-electron chi connectivity index (χ0n) is 10.9. The summed E-state index contributed by atoms with van der Waals surface area (Å²) >= 11 is 0. The lowest BCUT2D eigenvalue weighted by Crippen LogP contribution is -2.37. The van der Waals surface area contributed by atoms with E-state index in [0.29, 0.717) is 6.54 Å². The summed E-state index contributed by atoms with van der Waals surface area (Å²) in [6, 6.07) is 5.92. The number of nitrogens with two attached hydrogens (primary N) is 1. The molecule has 98 valence electrons. The summed E-state index contributed by atoms with van der Waals surface area (Å²) in [5.41, 5.74) is 6.06. The van der Waals surface area contributed by atoms with Crippen LogP contribution in [0.1, 0.15) is 19.0 Å². The molecule has 0 aromatic carbocycles. The number of likely N-dealkylation sites (tertiary alicyclic amines) is 1. The van der Waals surface area contributed by atoms with Crippen LogP contribution in [0.4, 0.5) is 5.82 Å². The number of pyridine rings is 1. The molecule has 18 heavy (non-hydrogen) atoms. The topological polar surface area (TPSA) is 71.2 Å². The van der Waals surface area contributed by atoms with E-state index in [9.17, 15) is 4.79 Å². The number of hydrogen-bond donors (Lipinski definition) is 2. The van der Waals surface area contributed by atoms with Gasteiger partial charge in [0.1, 0.15) is 5.82 Å². The molecule has 1 unspecified atom stereocenters. The summed E-state index contributed by atoms with van der Waals surface area (Å²) in [4.78, 5) is 18.1. The van der Waals surface area contributed by atoms with E-state index < -0.39 is 0 Å². The average molecular weight is 248 g/mol. The standard InChI is InChI=1S/C13H20N4O/c1-13(12(14)18)6-7-17(9-13)8-10-4-3-5-11(15-2)16-10/h3-5H,6-9H2,1-2H3,(H2,14,18)(H,15,16). The molecular formula is C13H20N4O. The molecule has 3 N–H and O–H groups in total. The predicted molar refractivity (Wildman–Crippen MR) is 71.0 cm³/mol. The molecule has 1 aliphatic heterocycles. The van der Waals surface area contributed by atoms with E-state index in [2.05, 4.69) is 15.2 Å². The van der Waals surface area contributed by atoms with Crippen molar-refractivity contribution in [3.63, 3.8) is 0 Å². The zero-order chi connectivity index (χ0) is 13.2. The highest BCUT2D eigenvalue weighted by Gasteiger charge is 2.38. The molecule has 1 amide bonds.